The molecule has 0 saturated carbocycles. The van der Waals surface area contributed by atoms with Crippen LogP contribution in [0.15, 0.2) is 24.3 Å². The molecule has 0 spiro atoms. The smallest absolute Gasteiger partial charge is 0.251 e. The lowest BCUT2D eigenvalue weighted by Crippen LogP contribution is -2.45. The van der Waals surface area contributed by atoms with Gasteiger partial charge in [0.2, 0.25) is 11.8 Å². The molecule has 0 aromatic heterocycles. The summed E-state index contributed by atoms with van der Waals surface area (Å²) in [5.74, 6) is -0.738. The van der Waals surface area contributed by atoms with Crippen molar-refractivity contribution in [3.8, 4) is 0 Å². The first-order valence-electron chi connectivity index (χ1n) is 9.27. The number of primary amides is 1. The van der Waals surface area contributed by atoms with Crippen LogP contribution in [0.1, 0.15) is 42.5 Å². The van der Waals surface area contributed by atoms with Crippen molar-refractivity contribution in [2.75, 3.05) is 24.5 Å². The summed E-state index contributed by atoms with van der Waals surface area (Å²) in [6, 6.07) is 6.81. The lowest BCUT2D eigenvalue weighted by atomic mass is 9.97. The van der Waals surface area contributed by atoms with Gasteiger partial charge in [0, 0.05) is 30.9 Å². The van der Waals surface area contributed by atoms with Crippen molar-refractivity contribution >= 4 is 23.4 Å². The van der Waals surface area contributed by atoms with Gasteiger partial charge in [0.15, 0.2) is 0 Å². The Labute approximate surface area is 153 Å². The topological polar surface area (TPSA) is 105 Å². The SMILES string of the molecule is NC(=O)[C@H]1CCCN(c2ccc(C(=O)N[C@H]3CCCCNC3=O)cc2)C1. The Hall–Kier alpha value is -2.57. The molecule has 7 heteroatoms. The van der Waals surface area contributed by atoms with Crippen LogP contribution in [0, 0.1) is 5.92 Å². The number of hydrogen-bond donors (Lipinski definition) is 3. The van der Waals surface area contributed by atoms with E-state index in [4.69, 9.17) is 5.73 Å². The van der Waals surface area contributed by atoms with Gasteiger partial charge in [-0.05, 0) is 56.4 Å². The fourth-order valence-corrected chi connectivity index (χ4v) is 3.59. The van der Waals surface area contributed by atoms with Crippen LogP contribution in [0.3, 0.4) is 0 Å². The van der Waals surface area contributed by atoms with Gasteiger partial charge in [-0.25, -0.2) is 0 Å². The molecule has 2 aliphatic rings. The zero-order valence-corrected chi connectivity index (χ0v) is 14.9. The van der Waals surface area contributed by atoms with E-state index in [9.17, 15) is 14.4 Å². The van der Waals surface area contributed by atoms with Crippen LogP contribution in [0.2, 0.25) is 0 Å². The van der Waals surface area contributed by atoms with Gasteiger partial charge in [0.1, 0.15) is 6.04 Å². The standard InChI is InChI=1S/C19H26N4O3/c20-17(24)14-4-3-11-23(12-14)15-8-6-13(7-9-15)18(25)22-16-5-1-2-10-21-19(16)26/h6-9,14,16H,1-5,10-12H2,(H2,20,24)(H,21,26)(H,22,25)/t14-,16-/m0/s1. The second-order valence-electron chi connectivity index (χ2n) is 7.05. The minimum Gasteiger partial charge on any atom is -0.371 e. The number of benzene rings is 1. The summed E-state index contributed by atoms with van der Waals surface area (Å²) >= 11 is 0. The molecule has 2 atom stereocenters. The number of hydrogen-bond acceptors (Lipinski definition) is 4. The van der Waals surface area contributed by atoms with Gasteiger partial charge in [-0.1, -0.05) is 0 Å². The number of anilines is 1. The number of rotatable bonds is 4. The normalized spacial score (nSPS) is 23.7. The van der Waals surface area contributed by atoms with Crippen molar-refractivity contribution in [1.29, 1.82) is 0 Å². The Balaban J connectivity index is 1.62. The van der Waals surface area contributed by atoms with Gasteiger partial charge in [-0.15, -0.1) is 0 Å². The van der Waals surface area contributed by atoms with E-state index in [1.165, 1.54) is 0 Å². The maximum atomic E-state index is 12.4. The third-order valence-electron chi connectivity index (χ3n) is 5.16. The average Bonchev–Trinajstić information content (AvgIpc) is 2.86. The molecule has 0 unspecified atom stereocenters. The Bertz CT molecular complexity index is 674. The predicted octanol–water partition coefficient (Wildman–Crippen LogP) is 0.787. The highest BCUT2D eigenvalue weighted by atomic mass is 16.2. The summed E-state index contributed by atoms with van der Waals surface area (Å²) in [5, 5.41) is 5.64. The van der Waals surface area contributed by atoms with Gasteiger partial charge in [0.05, 0.1) is 5.92 Å². The quantitative estimate of drug-likeness (QED) is 0.740. The summed E-state index contributed by atoms with van der Waals surface area (Å²) < 4.78 is 0. The fourth-order valence-electron chi connectivity index (χ4n) is 3.59. The van der Waals surface area contributed by atoms with Crippen LogP contribution in [0.4, 0.5) is 5.69 Å². The minimum absolute atomic E-state index is 0.113. The van der Waals surface area contributed by atoms with Crippen LogP contribution in [-0.2, 0) is 9.59 Å². The largest absolute Gasteiger partial charge is 0.371 e. The highest BCUT2D eigenvalue weighted by Gasteiger charge is 2.25. The Morgan fingerprint density at radius 2 is 1.88 bits per heavy atom. The van der Waals surface area contributed by atoms with Gasteiger partial charge >= 0.3 is 0 Å². The Morgan fingerprint density at radius 3 is 2.62 bits per heavy atom. The van der Waals surface area contributed by atoms with Crippen LogP contribution in [0.5, 0.6) is 0 Å². The number of amides is 3. The molecule has 7 nitrogen and oxygen atoms in total. The van der Waals surface area contributed by atoms with E-state index in [-0.39, 0.29) is 23.6 Å². The van der Waals surface area contributed by atoms with Crippen molar-refractivity contribution in [3.63, 3.8) is 0 Å². The molecule has 2 aliphatic heterocycles. The fraction of sp³-hybridized carbons (Fsp3) is 0.526. The van der Waals surface area contributed by atoms with Crippen molar-refractivity contribution in [2.45, 2.75) is 38.1 Å². The first-order chi connectivity index (χ1) is 12.5. The first-order valence-corrected chi connectivity index (χ1v) is 9.27. The molecule has 0 bridgehead atoms. The minimum atomic E-state index is -0.469. The summed E-state index contributed by atoms with van der Waals surface area (Å²) in [7, 11) is 0. The third kappa shape index (κ3) is 4.33. The van der Waals surface area contributed by atoms with Crippen molar-refractivity contribution in [1.82, 2.24) is 10.6 Å². The molecule has 0 radical (unpaired) electrons. The zero-order valence-electron chi connectivity index (χ0n) is 14.9. The number of nitrogens with one attached hydrogen (secondary N) is 2. The highest BCUT2D eigenvalue weighted by Crippen LogP contribution is 2.23. The molecule has 1 aromatic rings. The van der Waals surface area contributed by atoms with Crippen molar-refractivity contribution in [3.05, 3.63) is 29.8 Å². The van der Waals surface area contributed by atoms with Gasteiger partial charge in [0.25, 0.3) is 5.91 Å². The molecule has 3 amide bonds. The lowest BCUT2D eigenvalue weighted by Gasteiger charge is -2.33. The second kappa shape index (κ2) is 8.21. The number of nitrogens with zero attached hydrogens (tertiary/aromatic N) is 1. The molecule has 0 aliphatic carbocycles. The van der Waals surface area contributed by atoms with Gasteiger partial charge < -0.3 is 21.3 Å². The first kappa shape index (κ1) is 18.2. The van der Waals surface area contributed by atoms with Crippen LogP contribution in [-0.4, -0.2) is 43.4 Å². The van der Waals surface area contributed by atoms with Crippen LogP contribution in [0.25, 0.3) is 0 Å². The average molecular weight is 358 g/mol. The molecule has 1 aromatic carbocycles. The summed E-state index contributed by atoms with van der Waals surface area (Å²) in [4.78, 5) is 37.9. The zero-order chi connectivity index (χ0) is 18.5. The summed E-state index contributed by atoms with van der Waals surface area (Å²) in [6.45, 7) is 2.16. The van der Waals surface area contributed by atoms with E-state index in [1.54, 1.807) is 12.1 Å². The molecular weight excluding hydrogens is 332 g/mol. The molecule has 3 rings (SSSR count). The summed E-state index contributed by atoms with van der Waals surface area (Å²) in [5.41, 5.74) is 6.93. The molecule has 2 fully saturated rings. The van der Waals surface area contributed by atoms with E-state index in [0.29, 0.717) is 25.1 Å². The monoisotopic (exact) mass is 358 g/mol. The molecule has 2 saturated heterocycles. The summed E-state index contributed by atoms with van der Waals surface area (Å²) in [6.07, 6.45) is 4.27. The van der Waals surface area contributed by atoms with E-state index in [0.717, 1.165) is 37.9 Å². The Kier molecular flexibility index (Phi) is 5.75. The van der Waals surface area contributed by atoms with Gasteiger partial charge in [-0.2, -0.15) is 0 Å². The lowest BCUT2D eigenvalue weighted by molar-refractivity contribution is -0.123. The molecule has 26 heavy (non-hydrogen) atoms. The second-order valence-corrected chi connectivity index (χ2v) is 7.05. The molecule has 140 valence electrons. The molecule has 2 heterocycles. The predicted molar refractivity (Wildman–Crippen MR) is 98.7 cm³/mol. The number of carbonyl (C=O) groups is 3. The number of carbonyl (C=O) groups excluding carboxylic acids is 3. The van der Waals surface area contributed by atoms with E-state index < -0.39 is 6.04 Å². The van der Waals surface area contributed by atoms with Gasteiger partial charge in [-0.3, -0.25) is 14.4 Å². The molecule has 4 N–H and O–H groups in total. The van der Waals surface area contributed by atoms with E-state index in [2.05, 4.69) is 15.5 Å². The highest BCUT2D eigenvalue weighted by molar-refractivity contribution is 5.97. The Morgan fingerprint density at radius 1 is 1.12 bits per heavy atom. The van der Waals surface area contributed by atoms with Crippen molar-refractivity contribution in [2.24, 2.45) is 11.7 Å². The molecular formula is C19H26N4O3. The maximum Gasteiger partial charge on any atom is 0.251 e. The van der Waals surface area contributed by atoms with E-state index in [1.807, 2.05) is 12.1 Å². The van der Waals surface area contributed by atoms with Crippen LogP contribution < -0.4 is 21.3 Å². The van der Waals surface area contributed by atoms with Crippen LogP contribution >= 0.6 is 0 Å². The number of nitrogens with two attached hydrogens (primary N) is 1. The maximum absolute atomic E-state index is 12.4. The third-order valence-corrected chi connectivity index (χ3v) is 5.16. The van der Waals surface area contributed by atoms with Crippen molar-refractivity contribution < 1.29 is 14.4 Å². The van der Waals surface area contributed by atoms with E-state index >= 15 is 0 Å². The number of piperidine rings is 1.